The number of benzene rings is 1. The van der Waals surface area contributed by atoms with Crippen molar-refractivity contribution in [3.05, 3.63) is 52.2 Å². The summed E-state index contributed by atoms with van der Waals surface area (Å²) >= 11 is 1.76. The van der Waals surface area contributed by atoms with Gasteiger partial charge in [0.25, 0.3) is 5.91 Å². The molecule has 1 aliphatic rings. The Morgan fingerprint density at radius 1 is 1.25 bits per heavy atom. The van der Waals surface area contributed by atoms with Gasteiger partial charge in [-0.25, -0.2) is 0 Å². The highest BCUT2D eigenvalue weighted by molar-refractivity contribution is 7.09. The number of aliphatic hydroxyl groups is 1. The van der Waals surface area contributed by atoms with Gasteiger partial charge in [-0.3, -0.25) is 9.69 Å². The highest BCUT2D eigenvalue weighted by Crippen LogP contribution is 2.22. The normalized spacial score (nSPS) is 16.8. The SMILES string of the molecule is COc1cccc(C(O)C(=O)N2CCN(Cc3cccs3)CC2)c1. The molecule has 6 heteroatoms. The molecule has 0 bridgehead atoms. The Kier molecular flexibility index (Phi) is 5.50. The molecular formula is C18H22N2O3S. The fraction of sp³-hybridized carbons (Fsp3) is 0.389. The first-order valence-corrected chi connectivity index (χ1v) is 8.91. The van der Waals surface area contributed by atoms with Gasteiger partial charge in [0.05, 0.1) is 7.11 Å². The maximum atomic E-state index is 12.5. The van der Waals surface area contributed by atoms with Crippen LogP contribution in [0.15, 0.2) is 41.8 Å². The van der Waals surface area contributed by atoms with Crippen LogP contribution in [0.1, 0.15) is 16.5 Å². The summed E-state index contributed by atoms with van der Waals surface area (Å²) in [5, 5.41) is 12.5. The lowest BCUT2D eigenvalue weighted by molar-refractivity contribution is -0.142. The Balaban J connectivity index is 1.56. The maximum Gasteiger partial charge on any atom is 0.256 e. The Morgan fingerprint density at radius 3 is 2.71 bits per heavy atom. The molecule has 2 heterocycles. The number of methoxy groups -OCH3 is 1. The van der Waals surface area contributed by atoms with Crippen LogP contribution in [0.5, 0.6) is 5.75 Å². The number of piperazine rings is 1. The summed E-state index contributed by atoms with van der Waals surface area (Å²) in [7, 11) is 1.57. The van der Waals surface area contributed by atoms with Crippen molar-refractivity contribution in [1.29, 1.82) is 0 Å². The van der Waals surface area contributed by atoms with Crippen molar-refractivity contribution in [2.24, 2.45) is 0 Å². The molecule has 1 atom stereocenters. The van der Waals surface area contributed by atoms with Crippen LogP contribution < -0.4 is 4.74 Å². The van der Waals surface area contributed by atoms with E-state index in [0.717, 1.165) is 19.6 Å². The van der Waals surface area contributed by atoms with Crippen LogP contribution in [0, 0.1) is 0 Å². The lowest BCUT2D eigenvalue weighted by Gasteiger charge is -2.35. The monoisotopic (exact) mass is 346 g/mol. The van der Waals surface area contributed by atoms with Gasteiger partial charge in [0.2, 0.25) is 0 Å². The van der Waals surface area contributed by atoms with Crippen molar-refractivity contribution in [2.75, 3.05) is 33.3 Å². The van der Waals surface area contributed by atoms with E-state index in [9.17, 15) is 9.90 Å². The number of nitrogens with zero attached hydrogens (tertiary/aromatic N) is 2. The van der Waals surface area contributed by atoms with Crippen LogP contribution >= 0.6 is 11.3 Å². The molecule has 24 heavy (non-hydrogen) atoms. The number of hydrogen-bond donors (Lipinski definition) is 1. The zero-order chi connectivity index (χ0) is 16.9. The Labute approximate surface area is 146 Å². The number of rotatable bonds is 5. The lowest BCUT2D eigenvalue weighted by atomic mass is 10.1. The van der Waals surface area contributed by atoms with Crippen molar-refractivity contribution >= 4 is 17.2 Å². The second-order valence-electron chi connectivity index (χ2n) is 5.86. The Bertz CT molecular complexity index is 667. The zero-order valence-electron chi connectivity index (χ0n) is 13.7. The van der Waals surface area contributed by atoms with Crippen LogP contribution in [0.2, 0.25) is 0 Å². The molecule has 0 saturated carbocycles. The van der Waals surface area contributed by atoms with E-state index in [1.165, 1.54) is 4.88 Å². The smallest absolute Gasteiger partial charge is 0.256 e. The second-order valence-corrected chi connectivity index (χ2v) is 6.89. The first kappa shape index (κ1) is 17.0. The third kappa shape index (κ3) is 3.95. The molecule has 1 aliphatic heterocycles. The van der Waals surface area contributed by atoms with E-state index in [4.69, 9.17) is 4.74 Å². The highest BCUT2D eigenvalue weighted by atomic mass is 32.1. The van der Waals surface area contributed by atoms with E-state index in [-0.39, 0.29) is 5.91 Å². The van der Waals surface area contributed by atoms with Gasteiger partial charge >= 0.3 is 0 Å². The van der Waals surface area contributed by atoms with E-state index in [0.29, 0.717) is 24.4 Å². The Morgan fingerprint density at radius 2 is 2.04 bits per heavy atom. The number of hydrogen-bond acceptors (Lipinski definition) is 5. The van der Waals surface area contributed by atoms with Crippen molar-refractivity contribution in [3.63, 3.8) is 0 Å². The summed E-state index contributed by atoms with van der Waals surface area (Å²) in [6.07, 6.45) is -1.14. The van der Waals surface area contributed by atoms with Crippen LogP contribution in [0.3, 0.4) is 0 Å². The molecule has 1 aromatic carbocycles. The second kappa shape index (κ2) is 7.79. The molecule has 1 amide bonds. The zero-order valence-corrected chi connectivity index (χ0v) is 14.5. The van der Waals surface area contributed by atoms with Gasteiger partial charge in [-0.2, -0.15) is 0 Å². The molecule has 1 fully saturated rings. The summed E-state index contributed by atoms with van der Waals surface area (Å²) in [5.74, 6) is 0.402. The summed E-state index contributed by atoms with van der Waals surface area (Å²) < 4.78 is 5.15. The Hall–Kier alpha value is -1.89. The van der Waals surface area contributed by atoms with E-state index in [2.05, 4.69) is 22.4 Å². The third-order valence-electron chi connectivity index (χ3n) is 4.29. The predicted octanol–water partition coefficient (Wildman–Crippen LogP) is 2.13. The average molecular weight is 346 g/mol. The van der Waals surface area contributed by atoms with Crippen molar-refractivity contribution in [3.8, 4) is 5.75 Å². The van der Waals surface area contributed by atoms with Gasteiger partial charge in [0.1, 0.15) is 5.75 Å². The summed E-state index contributed by atoms with van der Waals surface area (Å²) in [4.78, 5) is 18.0. The number of ether oxygens (including phenoxy) is 1. The largest absolute Gasteiger partial charge is 0.497 e. The molecule has 3 rings (SSSR count). The standard InChI is InChI=1S/C18H22N2O3S/c1-23-15-5-2-4-14(12-15)17(21)18(22)20-9-7-19(8-10-20)13-16-6-3-11-24-16/h2-6,11-12,17,21H,7-10,13H2,1H3. The minimum absolute atomic E-state index is 0.237. The van der Waals surface area contributed by atoms with Crippen molar-refractivity contribution in [1.82, 2.24) is 9.80 Å². The van der Waals surface area contributed by atoms with Crippen LogP contribution in [0.4, 0.5) is 0 Å². The minimum Gasteiger partial charge on any atom is -0.497 e. The fourth-order valence-electron chi connectivity index (χ4n) is 2.88. The molecule has 5 nitrogen and oxygen atoms in total. The summed E-state index contributed by atoms with van der Waals surface area (Å²) in [6, 6.07) is 11.2. The highest BCUT2D eigenvalue weighted by Gasteiger charge is 2.27. The van der Waals surface area contributed by atoms with E-state index < -0.39 is 6.10 Å². The topological polar surface area (TPSA) is 53.0 Å². The molecule has 2 aromatic rings. The lowest BCUT2D eigenvalue weighted by Crippen LogP contribution is -2.49. The van der Waals surface area contributed by atoms with Crippen LogP contribution in [0.25, 0.3) is 0 Å². The average Bonchev–Trinajstić information content (AvgIpc) is 3.14. The molecule has 0 aliphatic carbocycles. The number of carbonyl (C=O) groups excluding carboxylic acids is 1. The molecule has 1 aromatic heterocycles. The molecule has 0 spiro atoms. The first-order valence-electron chi connectivity index (χ1n) is 8.03. The predicted molar refractivity (Wildman–Crippen MR) is 94.1 cm³/mol. The minimum atomic E-state index is -1.14. The number of aliphatic hydroxyl groups excluding tert-OH is 1. The van der Waals surface area contributed by atoms with Crippen LogP contribution in [-0.4, -0.2) is 54.1 Å². The van der Waals surface area contributed by atoms with Gasteiger partial charge in [-0.15, -0.1) is 11.3 Å². The van der Waals surface area contributed by atoms with Crippen molar-refractivity contribution < 1.29 is 14.6 Å². The quantitative estimate of drug-likeness (QED) is 0.901. The van der Waals surface area contributed by atoms with Gasteiger partial charge in [0, 0.05) is 37.6 Å². The molecule has 128 valence electrons. The maximum absolute atomic E-state index is 12.5. The molecule has 1 N–H and O–H groups in total. The number of thiophene rings is 1. The van der Waals surface area contributed by atoms with Gasteiger partial charge in [-0.1, -0.05) is 18.2 Å². The third-order valence-corrected chi connectivity index (χ3v) is 5.15. The van der Waals surface area contributed by atoms with Gasteiger partial charge < -0.3 is 14.7 Å². The van der Waals surface area contributed by atoms with Gasteiger partial charge in [-0.05, 0) is 29.1 Å². The number of carbonyl (C=O) groups is 1. The molecule has 1 unspecified atom stereocenters. The van der Waals surface area contributed by atoms with Gasteiger partial charge in [0.15, 0.2) is 6.10 Å². The first-order chi connectivity index (χ1) is 11.7. The molecule has 0 radical (unpaired) electrons. The van der Waals surface area contributed by atoms with E-state index in [1.54, 1.807) is 47.6 Å². The summed E-state index contributed by atoms with van der Waals surface area (Å²) in [5.41, 5.74) is 0.570. The van der Waals surface area contributed by atoms with Crippen molar-refractivity contribution in [2.45, 2.75) is 12.6 Å². The van der Waals surface area contributed by atoms with Crippen LogP contribution in [-0.2, 0) is 11.3 Å². The van der Waals surface area contributed by atoms with E-state index in [1.807, 2.05) is 0 Å². The number of amides is 1. The fourth-order valence-corrected chi connectivity index (χ4v) is 3.62. The molecule has 1 saturated heterocycles. The summed E-state index contributed by atoms with van der Waals surface area (Å²) in [6.45, 7) is 3.87. The van der Waals surface area contributed by atoms with E-state index >= 15 is 0 Å². The molecular weight excluding hydrogens is 324 g/mol.